The van der Waals surface area contributed by atoms with Crippen LogP contribution in [-0.4, -0.2) is 18.3 Å². The third-order valence-corrected chi connectivity index (χ3v) is 13.5. The number of hydrogen-bond acceptors (Lipinski definition) is 2. The van der Waals surface area contributed by atoms with Crippen LogP contribution in [0, 0.1) is 0 Å². The van der Waals surface area contributed by atoms with Crippen LogP contribution in [0.4, 0.5) is 0 Å². The summed E-state index contributed by atoms with van der Waals surface area (Å²) < 4.78 is 22.4. The van der Waals surface area contributed by atoms with Gasteiger partial charge in [-0.2, -0.15) is 0 Å². The molecule has 0 aliphatic heterocycles. The van der Waals surface area contributed by atoms with E-state index in [1.54, 1.807) is 0 Å². The average molecular weight is 819 g/mol. The molecule has 0 bridgehead atoms. The molecule has 0 saturated heterocycles. The Balaban J connectivity index is 1.03. The zero-order valence-electron chi connectivity index (χ0n) is 34.2. The van der Waals surface area contributed by atoms with Crippen LogP contribution in [0.1, 0.15) is 0 Å². The minimum atomic E-state index is 0.881. The molecular formula is C58H34N4O2. The summed E-state index contributed by atoms with van der Waals surface area (Å²) in [7, 11) is 0. The smallest absolute Gasteiger partial charge is 0.135 e. The van der Waals surface area contributed by atoms with Gasteiger partial charge in [0.15, 0.2) is 0 Å². The molecule has 0 radical (unpaired) electrons. The zero-order chi connectivity index (χ0) is 41.6. The first-order chi connectivity index (χ1) is 31.8. The standard InChI is InChI=1S/C58H34N4O2/c1-7-22-47-41(18-1)55-43-20-3-9-24-49(43)61(37-28-30-53-45(33-37)39-16-5-11-26-51(39)63-53)57(55)59(47)35-14-13-15-36(32-35)60-48-23-8-2-19-42(48)56-44-21-4-10-25-50(44)62(58(56)60)38-29-31-54-46(34-38)40-17-6-12-27-52(40)64-54/h1-34H. The lowest BCUT2D eigenvalue weighted by Crippen LogP contribution is -2.04. The van der Waals surface area contributed by atoms with Crippen molar-refractivity contribution in [2.75, 3.05) is 0 Å². The van der Waals surface area contributed by atoms with Crippen LogP contribution in [-0.2, 0) is 0 Å². The third-order valence-electron chi connectivity index (χ3n) is 13.5. The highest BCUT2D eigenvalue weighted by molar-refractivity contribution is 6.24. The molecular weight excluding hydrogens is 785 g/mol. The normalized spacial score (nSPS) is 12.4. The molecule has 15 aromatic rings. The Kier molecular flexibility index (Phi) is 6.59. The first-order valence-electron chi connectivity index (χ1n) is 21.8. The van der Waals surface area contributed by atoms with Crippen molar-refractivity contribution in [3.05, 3.63) is 206 Å². The Morgan fingerprint density at radius 1 is 0.234 bits per heavy atom. The molecule has 0 amide bonds. The topological polar surface area (TPSA) is 46.0 Å². The largest absolute Gasteiger partial charge is 0.456 e. The number of aromatic nitrogens is 4. The fourth-order valence-corrected chi connectivity index (χ4v) is 10.9. The lowest BCUT2D eigenvalue weighted by Gasteiger charge is -2.16. The number of hydrogen-bond donors (Lipinski definition) is 0. The van der Waals surface area contributed by atoms with Crippen molar-refractivity contribution >= 4 is 110 Å². The summed E-state index contributed by atoms with van der Waals surface area (Å²) in [6.07, 6.45) is 0. The van der Waals surface area contributed by atoms with E-state index in [9.17, 15) is 0 Å². The van der Waals surface area contributed by atoms with E-state index >= 15 is 0 Å². The Labute approximate surface area is 364 Å². The maximum Gasteiger partial charge on any atom is 0.135 e. The highest BCUT2D eigenvalue weighted by Crippen LogP contribution is 2.44. The molecule has 6 nitrogen and oxygen atoms in total. The number of benzene rings is 9. The molecule has 298 valence electrons. The predicted molar refractivity (Wildman–Crippen MR) is 263 cm³/mol. The molecule has 0 atom stereocenters. The SMILES string of the molecule is c1cc(-n2c3ccccc3c3c4ccccc4n(-c4ccc5oc6ccccc6c5c4)c32)cc(-n2c3ccccc3c3c4ccccc4n(-c4ccc5oc6ccccc6c5c4)c32)c1. The molecule has 6 aromatic heterocycles. The second-order valence-electron chi connectivity index (χ2n) is 16.9. The van der Waals surface area contributed by atoms with Gasteiger partial charge in [-0.05, 0) is 91.0 Å². The van der Waals surface area contributed by atoms with Gasteiger partial charge < -0.3 is 8.83 Å². The van der Waals surface area contributed by atoms with Crippen molar-refractivity contribution in [2.45, 2.75) is 0 Å². The van der Waals surface area contributed by atoms with E-state index in [-0.39, 0.29) is 0 Å². The molecule has 6 heterocycles. The van der Waals surface area contributed by atoms with Gasteiger partial charge in [0.25, 0.3) is 0 Å². The van der Waals surface area contributed by atoms with E-state index < -0.39 is 0 Å². The van der Waals surface area contributed by atoms with E-state index in [4.69, 9.17) is 8.83 Å². The molecule has 0 aliphatic carbocycles. The number of para-hydroxylation sites is 6. The minimum absolute atomic E-state index is 0.881. The fourth-order valence-electron chi connectivity index (χ4n) is 10.9. The molecule has 15 rings (SSSR count). The van der Waals surface area contributed by atoms with E-state index in [1.165, 1.54) is 32.3 Å². The van der Waals surface area contributed by atoms with Crippen LogP contribution >= 0.6 is 0 Å². The van der Waals surface area contributed by atoms with Crippen LogP contribution in [0.15, 0.2) is 215 Å². The number of nitrogens with zero attached hydrogens (tertiary/aromatic N) is 4. The van der Waals surface area contributed by atoms with Gasteiger partial charge in [0.05, 0.1) is 22.1 Å². The van der Waals surface area contributed by atoms with Crippen LogP contribution in [0.2, 0.25) is 0 Å². The second kappa shape index (κ2) is 12.4. The summed E-state index contributed by atoms with van der Waals surface area (Å²) in [6, 6.07) is 74.2. The van der Waals surface area contributed by atoms with Crippen molar-refractivity contribution in [2.24, 2.45) is 0 Å². The Hall–Kier alpha value is -8.74. The molecule has 0 spiro atoms. The van der Waals surface area contributed by atoms with Crippen LogP contribution < -0.4 is 0 Å². The Morgan fingerprint density at radius 3 is 0.938 bits per heavy atom. The van der Waals surface area contributed by atoms with E-state index in [0.717, 1.165) is 100.0 Å². The summed E-state index contributed by atoms with van der Waals surface area (Å²) in [4.78, 5) is 0. The third kappa shape index (κ3) is 4.43. The molecule has 0 unspecified atom stereocenters. The molecule has 0 saturated carbocycles. The van der Waals surface area contributed by atoms with Crippen molar-refractivity contribution in [1.82, 2.24) is 18.3 Å². The van der Waals surface area contributed by atoms with Crippen LogP contribution in [0.3, 0.4) is 0 Å². The maximum absolute atomic E-state index is 6.32. The molecule has 0 fully saturated rings. The van der Waals surface area contributed by atoms with Gasteiger partial charge in [0.2, 0.25) is 0 Å². The molecule has 64 heavy (non-hydrogen) atoms. The van der Waals surface area contributed by atoms with Gasteiger partial charge in [-0.3, -0.25) is 18.3 Å². The first-order valence-corrected chi connectivity index (χ1v) is 21.8. The van der Waals surface area contributed by atoms with Gasteiger partial charge in [0, 0.05) is 76.6 Å². The van der Waals surface area contributed by atoms with Gasteiger partial charge in [-0.25, -0.2) is 0 Å². The van der Waals surface area contributed by atoms with E-state index in [0.29, 0.717) is 0 Å². The summed E-state index contributed by atoms with van der Waals surface area (Å²) in [6.45, 7) is 0. The van der Waals surface area contributed by atoms with Crippen molar-refractivity contribution in [1.29, 1.82) is 0 Å². The summed E-state index contributed by atoms with van der Waals surface area (Å²) in [5.74, 6) is 0. The summed E-state index contributed by atoms with van der Waals surface area (Å²) in [5.41, 5.74) is 14.7. The molecule has 0 aliphatic rings. The number of furan rings is 2. The number of fused-ring (bicyclic) bond motifs is 16. The van der Waals surface area contributed by atoms with Crippen molar-refractivity contribution in [3.8, 4) is 22.7 Å². The van der Waals surface area contributed by atoms with E-state index in [1.807, 2.05) is 24.3 Å². The highest BCUT2D eigenvalue weighted by Gasteiger charge is 2.25. The van der Waals surface area contributed by atoms with Crippen molar-refractivity contribution < 1.29 is 8.83 Å². The van der Waals surface area contributed by atoms with Crippen molar-refractivity contribution in [3.63, 3.8) is 0 Å². The monoisotopic (exact) mass is 818 g/mol. The van der Waals surface area contributed by atoms with Crippen LogP contribution in [0.25, 0.3) is 132 Å². The average Bonchev–Trinajstić information content (AvgIpc) is 4.19. The highest BCUT2D eigenvalue weighted by atomic mass is 16.3. The summed E-state index contributed by atoms with van der Waals surface area (Å²) in [5, 5.41) is 11.7. The summed E-state index contributed by atoms with van der Waals surface area (Å²) >= 11 is 0. The first kappa shape index (κ1) is 33.9. The quantitative estimate of drug-likeness (QED) is 0.178. The molecule has 0 N–H and O–H groups in total. The Bertz CT molecular complexity index is 4170. The molecule has 9 aromatic carbocycles. The maximum atomic E-state index is 6.32. The predicted octanol–water partition coefficient (Wildman–Crippen LogP) is 15.6. The second-order valence-corrected chi connectivity index (χ2v) is 16.9. The lowest BCUT2D eigenvalue weighted by molar-refractivity contribution is 0.668. The zero-order valence-corrected chi connectivity index (χ0v) is 34.2. The number of rotatable bonds is 4. The minimum Gasteiger partial charge on any atom is -0.456 e. The fraction of sp³-hybridized carbons (Fsp3) is 0. The molecule has 6 heteroatoms. The Morgan fingerprint density at radius 2 is 0.547 bits per heavy atom. The van der Waals surface area contributed by atoms with Gasteiger partial charge in [-0.1, -0.05) is 115 Å². The van der Waals surface area contributed by atoms with Gasteiger partial charge in [0.1, 0.15) is 33.6 Å². The van der Waals surface area contributed by atoms with E-state index in [2.05, 4.69) is 200 Å². The lowest BCUT2D eigenvalue weighted by atomic mass is 10.1. The van der Waals surface area contributed by atoms with Gasteiger partial charge in [-0.15, -0.1) is 0 Å². The van der Waals surface area contributed by atoms with Crippen LogP contribution in [0.5, 0.6) is 0 Å². The van der Waals surface area contributed by atoms with Gasteiger partial charge >= 0.3 is 0 Å².